The molecule has 0 aromatic heterocycles. The van der Waals surface area contributed by atoms with Crippen molar-refractivity contribution in [3.8, 4) is 0 Å². The van der Waals surface area contributed by atoms with Crippen LogP contribution in [-0.2, 0) is 14.6 Å². The fourth-order valence-corrected chi connectivity index (χ4v) is 5.78. The number of aryl methyl sites for hydroxylation is 2. The molecule has 0 N–H and O–H groups in total. The van der Waals surface area contributed by atoms with Crippen LogP contribution in [0.25, 0.3) is 0 Å². The highest BCUT2D eigenvalue weighted by Crippen LogP contribution is 2.29. The van der Waals surface area contributed by atoms with Gasteiger partial charge in [0.2, 0.25) is 5.91 Å². The zero-order valence-corrected chi connectivity index (χ0v) is 15.8. The molecule has 0 saturated carbocycles. The third-order valence-corrected chi connectivity index (χ3v) is 7.27. The van der Waals surface area contributed by atoms with Gasteiger partial charge in [-0.2, -0.15) is 0 Å². The van der Waals surface area contributed by atoms with Gasteiger partial charge in [0, 0.05) is 17.5 Å². The van der Waals surface area contributed by atoms with Gasteiger partial charge in [-0.3, -0.25) is 4.79 Å². The normalized spacial score (nSPS) is 21.1. The maximum absolute atomic E-state index is 12.8. The van der Waals surface area contributed by atoms with Crippen molar-refractivity contribution in [3.05, 3.63) is 29.3 Å². The lowest BCUT2D eigenvalue weighted by Gasteiger charge is -2.29. The second-order valence-corrected chi connectivity index (χ2v) is 9.82. The summed E-state index contributed by atoms with van der Waals surface area (Å²) in [7, 11) is -2.98. The lowest BCUT2D eigenvalue weighted by molar-refractivity contribution is -0.131. The summed E-state index contributed by atoms with van der Waals surface area (Å²) in [6.07, 6.45) is 0.558. The van der Waals surface area contributed by atoms with Crippen LogP contribution in [0, 0.1) is 13.8 Å². The molecule has 23 heavy (non-hydrogen) atoms. The van der Waals surface area contributed by atoms with E-state index in [0.717, 1.165) is 10.5 Å². The van der Waals surface area contributed by atoms with Gasteiger partial charge in [-0.05, 0) is 45.7 Å². The van der Waals surface area contributed by atoms with Gasteiger partial charge < -0.3 is 4.90 Å². The Morgan fingerprint density at radius 3 is 2.65 bits per heavy atom. The second kappa shape index (κ2) is 7.26. The zero-order valence-electron chi connectivity index (χ0n) is 14.2. The van der Waals surface area contributed by atoms with E-state index in [1.54, 1.807) is 16.7 Å². The van der Waals surface area contributed by atoms with E-state index in [4.69, 9.17) is 0 Å². The number of hydrogen-bond donors (Lipinski definition) is 0. The monoisotopic (exact) mass is 355 g/mol. The fourth-order valence-electron chi connectivity index (χ4n) is 2.92. The van der Waals surface area contributed by atoms with E-state index in [1.807, 2.05) is 27.7 Å². The number of amides is 1. The van der Waals surface area contributed by atoms with Crippen LogP contribution in [0.3, 0.4) is 0 Å². The van der Waals surface area contributed by atoms with Crippen molar-refractivity contribution >= 4 is 27.5 Å². The molecule has 2 atom stereocenters. The van der Waals surface area contributed by atoms with Crippen LogP contribution < -0.4 is 0 Å². The Bertz CT molecular complexity index is 685. The van der Waals surface area contributed by atoms with Gasteiger partial charge in [-0.25, -0.2) is 8.42 Å². The number of benzene rings is 1. The summed E-state index contributed by atoms with van der Waals surface area (Å²) >= 11 is 1.55. The molecule has 1 saturated heterocycles. The first-order chi connectivity index (χ1) is 10.7. The summed E-state index contributed by atoms with van der Waals surface area (Å²) in [6, 6.07) is 6.06. The molecule has 0 aliphatic carbocycles. The van der Waals surface area contributed by atoms with Crippen molar-refractivity contribution in [2.45, 2.75) is 50.3 Å². The van der Waals surface area contributed by atoms with Crippen LogP contribution in [0.1, 0.15) is 31.4 Å². The maximum Gasteiger partial charge on any atom is 0.236 e. The minimum atomic E-state index is -2.98. The summed E-state index contributed by atoms with van der Waals surface area (Å²) in [6.45, 7) is 8.45. The number of thioether (sulfide) groups is 1. The highest BCUT2D eigenvalue weighted by Gasteiger charge is 2.35. The Morgan fingerprint density at radius 2 is 2.09 bits per heavy atom. The molecule has 0 spiro atoms. The van der Waals surface area contributed by atoms with E-state index in [9.17, 15) is 13.2 Å². The summed E-state index contributed by atoms with van der Waals surface area (Å²) in [4.78, 5) is 15.6. The molecule has 4 nitrogen and oxygen atoms in total. The molecular formula is C17H25NO3S2. The molecule has 6 heteroatoms. The number of hydrogen-bond acceptors (Lipinski definition) is 4. The molecule has 0 unspecified atom stereocenters. The van der Waals surface area contributed by atoms with E-state index in [1.165, 1.54) is 5.56 Å². The van der Waals surface area contributed by atoms with Crippen LogP contribution in [0.2, 0.25) is 0 Å². The van der Waals surface area contributed by atoms with Crippen molar-refractivity contribution in [2.24, 2.45) is 0 Å². The second-order valence-electron chi connectivity index (χ2n) is 6.21. The van der Waals surface area contributed by atoms with Gasteiger partial charge in [0.25, 0.3) is 0 Å². The molecule has 128 valence electrons. The van der Waals surface area contributed by atoms with Gasteiger partial charge in [-0.1, -0.05) is 17.7 Å². The van der Waals surface area contributed by atoms with Crippen molar-refractivity contribution in [3.63, 3.8) is 0 Å². The average Bonchev–Trinajstić information content (AvgIpc) is 2.83. The Morgan fingerprint density at radius 1 is 1.39 bits per heavy atom. The van der Waals surface area contributed by atoms with Crippen LogP contribution in [0.15, 0.2) is 23.1 Å². The number of rotatable bonds is 5. The SMILES string of the molecule is CCN(C(=O)[C@H](C)Sc1cc(C)ccc1C)[C@@H]1CCS(=O)(=O)C1. The molecule has 0 bridgehead atoms. The summed E-state index contributed by atoms with van der Waals surface area (Å²) in [5.41, 5.74) is 2.33. The Labute approximate surface area is 143 Å². The molecule has 1 heterocycles. The van der Waals surface area contributed by atoms with Crippen molar-refractivity contribution in [2.75, 3.05) is 18.1 Å². The topological polar surface area (TPSA) is 54.5 Å². The van der Waals surface area contributed by atoms with Gasteiger partial charge in [0.05, 0.1) is 16.8 Å². The largest absolute Gasteiger partial charge is 0.338 e. The molecule has 1 aromatic carbocycles. The van der Waals surface area contributed by atoms with Crippen molar-refractivity contribution in [1.29, 1.82) is 0 Å². The maximum atomic E-state index is 12.8. The van der Waals surface area contributed by atoms with Crippen LogP contribution in [0.5, 0.6) is 0 Å². The summed E-state index contributed by atoms with van der Waals surface area (Å²) in [5.74, 6) is 0.327. The van der Waals surface area contributed by atoms with E-state index < -0.39 is 9.84 Å². The van der Waals surface area contributed by atoms with Crippen LogP contribution in [0.4, 0.5) is 0 Å². The first kappa shape index (κ1) is 18.3. The molecule has 1 amide bonds. The Balaban J connectivity index is 2.10. The fraction of sp³-hybridized carbons (Fsp3) is 0.588. The number of carbonyl (C=O) groups is 1. The summed E-state index contributed by atoms with van der Waals surface area (Å²) in [5, 5.41) is -0.223. The molecule has 2 rings (SSSR count). The number of carbonyl (C=O) groups excluding carboxylic acids is 1. The predicted octanol–water partition coefficient (Wildman–Crippen LogP) is 2.82. The van der Waals surface area contributed by atoms with Gasteiger partial charge in [-0.15, -0.1) is 11.8 Å². The van der Waals surface area contributed by atoms with E-state index in [0.29, 0.717) is 13.0 Å². The minimum Gasteiger partial charge on any atom is -0.338 e. The van der Waals surface area contributed by atoms with Gasteiger partial charge in [0.15, 0.2) is 9.84 Å². The Kier molecular flexibility index (Phi) is 5.79. The van der Waals surface area contributed by atoms with Crippen LogP contribution in [-0.4, -0.2) is 48.6 Å². The summed E-state index contributed by atoms with van der Waals surface area (Å²) < 4.78 is 23.4. The first-order valence-corrected chi connectivity index (χ1v) is 10.7. The Hall–Kier alpha value is -1.01. The quantitative estimate of drug-likeness (QED) is 0.762. The lowest BCUT2D eigenvalue weighted by atomic mass is 10.2. The standard InChI is InChI=1S/C17H25NO3S2/c1-5-18(15-8-9-23(20,21)11-15)17(19)14(4)22-16-10-12(2)6-7-13(16)3/h6-7,10,14-15H,5,8-9,11H2,1-4H3/t14-,15+/m0/s1. The van der Waals surface area contributed by atoms with E-state index in [2.05, 4.69) is 18.2 Å². The number of nitrogens with zero attached hydrogens (tertiary/aromatic N) is 1. The third-order valence-electron chi connectivity index (χ3n) is 4.27. The molecule has 1 fully saturated rings. The first-order valence-electron chi connectivity index (χ1n) is 7.98. The molecule has 0 radical (unpaired) electrons. The van der Waals surface area contributed by atoms with Crippen molar-refractivity contribution < 1.29 is 13.2 Å². The smallest absolute Gasteiger partial charge is 0.236 e. The average molecular weight is 356 g/mol. The molecule has 1 aliphatic rings. The number of sulfone groups is 1. The van der Waals surface area contributed by atoms with Gasteiger partial charge in [0.1, 0.15) is 0 Å². The lowest BCUT2D eigenvalue weighted by Crippen LogP contribution is -2.44. The minimum absolute atomic E-state index is 0.0282. The highest BCUT2D eigenvalue weighted by atomic mass is 32.2. The highest BCUT2D eigenvalue weighted by molar-refractivity contribution is 8.00. The molecule has 1 aliphatic heterocycles. The van der Waals surface area contributed by atoms with E-state index in [-0.39, 0.29) is 28.7 Å². The van der Waals surface area contributed by atoms with Crippen molar-refractivity contribution in [1.82, 2.24) is 4.90 Å². The predicted molar refractivity (Wildman–Crippen MR) is 95.7 cm³/mol. The zero-order chi connectivity index (χ0) is 17.2. The molecule has 1 aromatic rings. The molecular weight excluding hydrogens is 330 g/mol. The van der Waals surface area contributed by atoms with Crippen LogP contribution >= 0.6 is 11.8 Å². The van der Waals surface area contributed by atoms with E-state index >= 15 is 0 Å². The third kappa shape index (κ3) is 4.51. The van der Waals surface area contributed by atoms with Gasteiger partial charge >= 0.3 is 0 Å².